The number of rotatable bonds is 3. The van der Waals surface area contributed by atoms with Gasteiger partial charge < -0.3 is 14.6 Å². The molecule has 6 heteroatoms. The van der Waals surface area contributed by atoms with Gasteiger partial charge in [-0.3, -0.25) is 0 Å². The molecule has 0 unspecified atom stereocenters. The summed E-state index contributed by atoms with van der Waals surface area (Å²) in [6, 6.07) is 4.74. The van der Waals surface area contributed by atoms with Crippen molar-refractivity contribution in [3.05, 3.63) is 29.8 Å². The van der Waals surface area contributed by atoms with Crippen LogP contribution in [0.1, 0.15) is 24.7 Å². The molecule has 0 aliphatic carbocycles. The zero-order valence-electron chi connectivity index (χ0n) is 10.5. The highest BCUT2D eigenvalue weighted by Gasteiger charge is 2.23. The van der Waals surface area contributed by atoms with Gasteiger partial charge in [0, 0.05) is 0 Å². The average molecular weight is 263 g/mol. The smallest absolute Gasteiger partial charge is 0.261 e. The molecule has 2 aromatic rings. The highest BCUT2D eigenvalue weighted by atomic mass is 19.1. The summed E-state index contributed by atoms with van der Waals surface area (Å²) in [5, 5.41) is 7.24. The largest absolute Gasteiger partial charge is 0.493 e. The van der Waals surface area contributed by atoms with Crippen LogP contribution < -0.4 is 10.1 Å². The lowest BCUT2D eigenvalue weighted by Crippen LogP contribution is -2.14. The van der Waals surface area contributed by atoms with E-state index in [1.54, 1.807) is 12.1 Å². The first-order valence-corrected chi connectivity index (χ1v) is 6.19. The van der Waals surface area contributed by atoms with Gasteiger partial charge in [0.15, 0.2) is 17.4 Å². The number of para-hydroxylation sites is 1. The van der Waals surface area contributed by atoms with Crippen molar-refractivity contribution in [3.63, 3.8) is 0 Å². The molecule has 1 saturated heterocycles. The number of hydrogen-bond acceptors (Lipinski definition) is 5. The maximum Gasteiger partial charge on any atom is 0.261 e. The Bertz CT molecular complexity index is 579. The third-order valence-corrected chi connectivity index (χ3v) is 3.22. The summed E-state index contributed by atoms with van der Waals surface area (Å²) >= 11 is 0. The van der Waals surface area contributed by atoms with E-state index in [1.165, 1.54) is 13.2 Å². The van der Waals surface area contributed by atoms with Gasteiger partial charge in [0.2, 0.25) is 0 Å². The number of halogens is 1. The first kappa shape index (κ1) is 12.1. The molecule has 1 atom stereocenters. The Morgan fingerprint density at radius 3 is 3.11 bits per heavy atom. The maximum atomic E-state index is 13.6. The number of methoxy groups -OCH3 is 1. The molecule has 19 heavy (non-hydrogen) atoms. The number of hydrogen-bond donors (Lipinski definition) is 1. The highest BCUT2D eigenvalue weighted by molar-refractivity contribution is 5.62. The van der Waals surface area contributed by atoms with Crippen LogP contribution in [0.25, 0.3) is 11.5 Å². The molecule has 1 fully saturated rings. The minimum absolute atomic E-state index is 0.122. The van der Waals surface area contributed by atoms with E-state index < -0.39 is 5.82 Å². The van der Waals surface area contributed by atoms with Crippen molar-refractivity contribution in [1.29, 1.82) is 0 Å². The molecule has 0 saturated carbocycles. The van der Waals surface area contributed by atoms with Crippen molar-refractivity contribution < 1.29 is 13.7 Å². The molecule has 100 valence electrons. The second-order valence-electron chi connectivity index (χ2n) is 4.43. The first-order valence-electron chi connectivity index (χ1n) is 6.19. The summed E-state index contributed by atoms with van der Waals surface area (Å²) in [4.78, 5) is 4.33. The number of aromatic nitrogens is 2. The summed E-state index contributed by atoms with van der Waals surface area (Å²) in [7, 11) is 1.41. The van der Waals surface area contributed by atoms with Crippen LogP contribution >= 0.6 is 0 Å². The van der Waals surface area contributed by atoms with Crippen LogP contribution in [0.2, 0.25) is 0 Å². The Balaban J connectivity index is 1.96. The van der Waals surface area contributed by atoms with Crippen molar-refractivity contribution in [1.82, 2.24) is 15.5 Å². The van der Waals surface area contributed by atoms with Gasteiger partial charge in [-0.25, -0.2) is 4.39 Å². The molecule has 1 aliphatic heterocycles. The molecule has 1 aromatic carbocycles. The first-order chi connectivity index (χ1) is 9.29. The summed E-state index contributed by atoms with van der Waals surface area (Å²) < 4.78 is 23.9. The van der Waals surface area contributed by atoms with E-state index in [9.17, 15) is 4.39 Å². The van der Waals surface area contributed by atoms with Gasteiger partial charge in [0.05, 0.1) is 18.7 Å². The Morgan fingerprint density at radius 1 is 1.47 bits per heavy atom. The van der Waals surface area contributed by atoms with Gasteiger partial charge in [-0.2, -0.15) is 4.98 Å². The Kier molecular flexibility index (Phi) is 3.16. The summed E-state index contributed by atoms with van der Waals surface area (Å²) in [5.74, 6) is 0.565. The van der Waals surface area contributed by atoms with Crippen molar-refractivity contribution >= 4 is 0 Å². The van der Waals surface area contributed by atoms with E-state index in [-0.39, 0.29) is 17.7 Å². The van der Waals surface area contributed by atoms with Gasteiger partial charge in [-0.1, -0.05) is 11.2 Å². The summed E-state index contributed by atoms with van der Waals surface area (Å²) in [6.45, 7) is 0.956. The monoisotopic (exact) mass is 263 g/mol. The second kappa shape index (κ2) is 4.97. The van der Waals surface area contributed by atoms with Crippen LogP contribution in [-0.2, 0) is 0 Å². The molecular formula is C13H14FN3O2. The Hall–Kier alpha value is -1.95. The van der Waals surface area contributed by atoms with E-state index in [0.717, 1.165) is 19.4 Å². The van der Waals surface area contributed by atoms with Crippen LogP contribution in [0.4, 0.5) is 4.39 Å². The fourth-order valence-corrected chi connectivity index (χ4v) is 2.28. The molecule has 2 heterocycles. The molecule has 1 aliphatic rings. The lowest BCUT2D eigenvalue weighted by atomic mass is 10.2. The lowest BCUT2D eigenvalue weighted by Gasteiger charge is -2.05. The molecule has 3 rings (SSSR count). The molecular weight excluding hydrogens is 249 g/mol. The van der Waals surface area contributed by atoms with Crippen molar-refractivity contribution in [2.24, 2.45) is 0 Å². The fourth-order valence-electron chi connectivity index (χ4n) is 2.28. The van der Waals surface area contributed by atoms with Gasteiger partial charge in [0.25, 0.3) is 5.89 Å². The molecule has 1 N–H and O–H groups in total. The van der Waals surface area contributed by atoms with E-state index in [0.29, 0.717) is 11.4 Å². The molecule has 0 amide bonds. The summed E-state index contributed by atoms with van der Waals surface area (Å²) in [6.07, 6.45) is 2.08. The van der Waals surface area contributed by atoms with E-state index in [1.807, 2.05) is 0 Å². The second-order valence-corrected chi connectivity index (χ2v) is 4.43. The topological polar surface area (TPSA) is 60.2 Å². The number of ether oxygens (including phenoxy) is 1. The average Bonchev–Trinajstić information content (AvgIpc) is 3.09. The van der Waals surface area contributed by atoms with Gasteiger partial charge in [-0.05, 0) is 31.5 Å². The van der Waals surface area contributed by atoms with Crippen LogP contribution in [0, 0.1) is 5.82 Å². The third-order valence-electron chi connectivity index (χ3n) is 3.22. The molecule has 1 aromatic heterocycles. The SMILES string of the molecule is COc1c(F)cccc1-c1nc([C@@H]2CCCN2)no1. The standard InChI is InChI=1S/C13H14FN3O2/c1-18-11-8(4-2-5-9(11)14)13-16-12(17-19-13)10-6-3-7-15-10/h2,4-5,10,15H,3,6-7H2,1H3/t10-/m0/s1. The quantitative estimate of drug-likeness (QED) is 0.920. The maximum absolute atomic E-state index is 13.6. The Morgan fingerprint density at radius 2 is 2.37 bits per heavy atom. The number of nitrogens with zero attached hydrogens (tertiary/aromatic N) is 2. The zero-order chi connectivity index (χ0) is 13.2. The molecule has 0 bridgehead atoms. The van der Waals surface area contributed by atoms with Crippen LogP contribution in [0.5, 0.6) is 5.75 Å². The normalized spacial score (nSPS) is 18.7. The van der Waals surface area contributed by atoms with Crippen LogP contribution in [-0.4, -0.2) is 23.8 Å². The molecule has 0 spiro atoms. The predicted molar refractivity (Wildman–Crippen MR) is 66.2 cm³/mol. The van der Waals surface area contributed by atoms with E-state index in [4.69, 9.17) is 9.26 Å². The fraction of sp³-hybridized carbons (Fsp3) is 0.385. The van der Waals surface area contributed by atoms with Crippen LogP contribution in [0.3, 0.4) is 0 Å². The molecule has 5 nitrogen and oxygen atoms in total. The van der Waals surface area contributed by atoms with Gasteiger partial charge in [0.1, 0.15) is 0 Å². The Labute approximate surface area is 109 Å². The zero-order valence-corrected chi connectivity index (χ0v) is 10.5. The predicted octanol–water partition coefficient (Wildman–Crippen LogP) is 2.31. The van der Waals surface area contributed by atoms with Crippen LogP contribution in [0.15, 0.2) is 22.7 Å². The van der Waals surface area contributed by atoms with Crippen molar-refractivity contribution in [2.45, 2.75) is 18.9 Å². The number of benzene rings is 1. The van der Waals surface area contributed by atoms with Gasteiger partial charge in [-0.15, -0.1) is 0 Å². The lowest BCUT2D eigenvalue weighted by molar-refractivity contribution is 0.380. The number of nitrogens with one attached hydrogen (secondary N) is 1. The minimum atomic E-state index is -0.446. The van der Waals surface area contributed by atoms with Crippen molar-refractivity contribution in [3.8, 4) is 17.2 Å². The minimum Gasteiger partial charge on any atom is -0.493 e. The van der Waals surface area contributed by atoms with E-state index in [2.05, 4.69) is 15.5 Å². The molecule has 0 radical (unpaired) electrons. The highest BCUT2D eigenvalue weighted by Crippen LogP contribution is 2.32. The van der Waals surface area contributed by atoms with Gasteiger partial charge >= 0.3 is 0 Å². The summed E-state index contributed by atoms with van der Waals surface area (Å²) in [5.41, 5.74) is 0.472. The van der Waals surface area contributed by atoms with E-state index >= 15 is 0 Å². The third kappa shape index (κ3) is 2.19. The van der Waals surface area contributed by atoms with Crippen molar-refractivity contribution in [2.75, 3.05) is 13.7 Å².